The van der Waals surface area contributed by atoms with Gasteiger partial charge in [0.1, 0.15) is 5.82 Å². The van der Waals surface area contributed by atoms with Crippen LogP contribution in [0, 0.1) is 0 Å². The summed E-state index contributed by atoms with van der Waals surface area (Å²) < 4.78 is 1.85. The smallest absolute Gasteiger partial charge is 0.121 e. The molecule has 0 saturated carbocycles. The Bertz CT molecular complexity index is 249. The molecule has 4 nitrogen and oxygen atoms in total. The van der Waals surface area contributed by atoms with Crippen molar-refractivity contribution in [1.29, 1.82) is 0 Å². The Morgan fingerprint density at radius 3 is 3.25 bits per heavy atom. The Balaban J connectivity index is 1.98. The highest BCUT2D eigenvalue weighted by Crippen LogP contribution is 2.09. The lowest BCUT2D eigenvalue weighted by atomic mass is 10.2. The molecular formula is C8H14N4. The molecule has 1 unspecified atom stereocenters. The van der Waals surface area contributed by atoms with E-state index in [1.807, 2.05) is 10.7 Å². The van der Waals surface area contributed by atoms with E-state index in [9.17, 15) is 0 Å². The molecule has 4 heteroatoms. The first-order valence-corrected chi connectivity index (χ1v) is 4.37. The van der Waals surface area contributed by atoms with Crippen LogP contribution in [0.25, 0.3) is 0 Å². The number of aromatic nitrogens is 2. The van der Waals surface area contributed by atoms with Crippen LogP contribution in [-0.2, 0) is 6.54 Å². The maximum atomic E-state index is 5.69. The molecule has 1 aliphatic rings. The Morgan fingerprint density at radius 2 is 2.67 bits per heavy atom. The molecule has 2 heterocycles. The molecule has 0 aromatic carbocycles. The van der Waals surface area contributed by atoms with E-state index in [0.717, 1.165) is 18.9 Å². The molecule has 1 saturated heterocycles. The van der Waals surface area contributed by atoms with Gasteiger partial charge in [0.2, 0.25) is 0 Å². The molecular weight excluding hydrogens is 152 g/mol. The lowest BCUT2D eigenvalue weighted by Crippen LogP contribution is -2.27. The van der Waals surface area contributed by atoms with Crippen LogP contribution in [0.15, 0.2) is 12.3 Å². The van der Waals surface area contributed by atoms with Gasteiger partial charge in [-0.2, -0.15) is 5.10 Å². The van der Waals surface area contributed by atoms with Crippen LogP contribution in [0.5, 0.6) is 0 Å². The van der Waals surface area contributed by atoms with Crippen molar-refractivity contribution in [3.05, 3.63) is 12.3 Å². The summed E-state index contributed by atoms with van der Waals surface area (Å²) in [4.78, 5) is 0. The van der Waals surface area contributed by atoms with Gasteiger partial charge in [0.15, 0.2) is 0 Å². The fraction of sp³-hybridized carbons (Fsp3) is 0.625. The SMILES string of the molecule is Nc1ccnn1CC1CCCN1. The van der Waals surface area contributed by atoms with Gasteiger partial charge in [-0.05, 0) is 25.5 Å². The lowest BCUT2D eigenvalue weighted by Gasteiger charge is -2.10. The van der Waals surface area contributed by atoms with Gasteiger partial charge in [0.05, 0.1) is 12.7 Å². The van der Waals surface area contributed by atoms with E-state index in [1.165, 1.54) is 12.8 Å². The van der Waals surface area contributed by atoms with Gasteiger partial charge in [0.25, 0.3) is 0 Å². The largest absolute Gasteiger partial charge is 0.384 e. The van der Waals surface area contributed by atoms with Crippen LogP contribution in [0.4, 0.5) is 5.82 Å². The fourth-order valence-corrected chi connectivity index (χ4v) is 1.62. The van der Waals surface area contributed by atoms with Crippen molar-refractivity contribution in [1.82, 2.24) is 15.1 Å². The Hall–Kier alpha value is -1.03. The summed E-state index contributed by atoms with van der Waals surface area (Å²) in [7, 11) is 0. The number of nitrogen functional groups attached to an aromatic ring is 1. The third-order valence-corrected chi connectivity index (χ3v) is 2.31. The number of rotatable bonds is 2. The minimum absolute atomic E-state index is 0.562. The van der Waals surface area contributed by atoms with Gasteiger partial charge in [-0.1, -0.05) is 0 Å². The Kier molecular flexibility index (Phi) is 1.99. The molecule has 0 spiro atoms. The number of anilines is 1. The van der Waals surface area contributed by atoms with Gasteiger partial charge >= 0.3 is 0 Å². The lowest BCUT2D eigenvalue weighted by molar-refractivity contribution is 0.481. The number of hydrogen-bond donors (Lipinski definition) is 2. The van der Waals surface area contributed by atoms with Crippen molar-refractivity contribution in [3.8, 4) is 0 Å². The third kappa shape index (κ3) is 1.43. The first kappa shape index (κ1) is 7.61. The number of hydrogen-bond acceptors (Lipinski definition) is 3. The molecule has 1 fully saturated rings. The zero-order valence-electron chi connectivity index (χ0n) is 7.03. The minimum Gasteiger partial charge on any atom is -0.384 e. The Labute approximate surface area is 71.7 Å². The molecule has 0 amide bonds. The molecule has 2 rings (SSSR count). The van der Waals surface area contributed by atoms with Crippen molar-refractivity contribution in [2.75, 3.05) is 12.3 Å². The number of nitrogens with two attached hydrogens (primary N) is 1. The fourth-order valence-electron chi connectivity index (χ4n) is 1.62. The predicted molar refractivity (Wildman–Crippen MR) is 47.7 cm³/mol. The highest BCUT2D eigenvalue weighted by atomic mass is 15.3. The normalized spacial score (nSPS) is 23.2. The molecule has 1 aliphatic heterocycles. The van der Waals surface area contributed by atoms with Crippen molar-refractivity contribution < 1.29 is 0 Å². The van der Waals surface area contributed by atoms with E-state index < -0.39 is 0 Å². The van der Waals surface area contributed by atoms with E-state index >= 15 is 0 Å². The maximum absolute atomic E-state index is 5.69. The highest BCUT2D eigenvalue weighted by molar-refractivity contribution is 5.25. The predicted octanol–water partition coefficient (Wildman–Crippen LogP) is 0.217. The molecule has 12 heavy (non-hydrogen) atoms. The quantitative estimate of drug-likeness (QED) is 0.660. The monoisotopic (exact) mass is 166 g/mol. The molecule has 0 aliphatic carbocycles. The topological polar surface area (TPSA) is 55.9 Å². The Morgan fingerprint density at radius 1 is 1.75 bits per heavy atom. The van der Waals surface area contributed by atoms with Gasteiger partial charge in [-0.15, -0.1) is 0 Å². The second-order valence-electron chi connectivity index (χ2n) is 3.23. The van der Waals surface area contributed by atoms with Crippen LogP contribution in [-0.4, -0.2) is 22.4 Å². The van der Waals surface area contributed by atoms with E-state index in [2.05, 4.69) is 10.4 Å². The van der Waals surface area contributed by atoms with Crippen LogP contribution in [0.1, 0.15) is 12.8 Å². The summed E-state index contributed by atoms with van der Waals surface area (Å²) in [6.07, 6.45) is 4.25. The average Bonchev–Trinajstić information content (AvgIpc) is 2.65. The molecule has 1 aromatic heterocycles. The summed E-state index contributed by atoms with van der Waals surface area (Å²) in [6.45, 7) is 2.03. The second-order valence-corrected chi connectivity index (χ2v) is 3.23. The number of nitrogens with one attached hydrogen (secondary N) is 1. The minimum atomic E-state index is 0.562. The van der Waals surface area contributed by atoms with Crippen LogP contribution < -0.4 is 11.1 Å². The van der Waals surface area contributed by atoms with E-state index in [0.29, 0.717) is 6.04 Å². The summed E-state index contributed by atoms with van der Waals surface area (Å²) in [5.74, 6) is 0.753. The first-order valence-electron chi connectivity index (χ1n) is 4.37. The molecule has 3 N–H and O–H groups in total. The van der Waals surface area contributed by atoms with Crippen molar-refractivity contribution in [2.45, 2.75) is 25.4 Å². The van der Waals surface area contributed by atoms with Crippen molar-refractivity contribution in [2.24, 2.45) is 0 Å². The van der Waals surface area contributed by atoms with Crippen LogP contribution in [0.2, 0.25) is 0 Å². The van der Waals surface area contributed by atoms with Gasteiger partial charge in [-0.25, -0.2) is 4.68 Å². The molecule has 1 atom stereocenters. The van der Waals surface area contributed by atoms with Crippen LogP contribution in [0.3, 0.4) is 0 Å². The van der Waals surface area contributed by atoms with Gasteiger partial charge < -0.3 is 11.1 Å². The summed E-state index contributed by atoms with van der Waals surface area (Å²) in [6, 6.07) is 2.39. The van der Waals surface area contributed by atoms with E-state index in [4.69, 9.17) is 5.73 Å². The standard InChI is InChI=1S/C8H14N4/c9-8-3-5-11-12(8)6-7-2-1-4-10-7/h3,5,7,10H,1-2,4,6,9H2. The van der Waals surface area contributed by atoms with Crippen LogP contribution >= 0.6 is 0 Å². The average molecular weight is 166 g/mol. The molecule has 66 valence electrons. The maximum Gasteiger partial charge on any atom is 0.121 e. The molecule has 0 bridgehead atoms. The van der Waals surface area contributed by atoms with Crippen molar-refractivity contribution >= 4 is 5.82 Å². The zero-order chi connectivity index (χ0) is 8.39. The summed E-state index contributed by atoms with van der Waals surface area (Å²) >= 11 is 0. The summed E-state index contributed by atoms with van der Waals surface area (Å²) in [5.41, 5.74) is 5.69. The second kappa shape index (κ2) is 3.15. The first-order chi connectivity index (χ1) is 5.86. The zero-order valence-corrected chi connectivity index (χ0v) is 7.03. The molecule has 1 aromatic rings. The molecule has 0 radical (unpaired) electrons. The van der Waals surface area contributed by atoms with Gasteiger partial charge in [-0.3, -0.25) is 0 Å². The van der Waals surface area contributed by atoms with Gasteiger partial charge in [0, 0.05) is 6.04 Å². The third-order valence-electron chi connectivity index (χ3n) is 2.31. The van der Waals surface area contributed by atoms with E-state index in [1.54, 1.807) is 6.20 Å². The highest BCUT2D eigenvalue weighted by Gasteiger charge is 2.15. The number of nitrogens with zero attached hydrogens (tertiary/aromatic N) is 2. The summed E-state index contributed by atoms with van der Waals surface area (Å²) in [5, 5.41) is 7.54. The van der Waals surface area contributed by atoms with Crippen molar-refractivity contribution in [3.63, 3.8) is 0 Å². The van der Waals surface area contributed by atoms with E-state index in [-0.39, 0.29) is 0 Å².